The molecule has 3 rings (SSSR count). The van der Waals surface area contributed by atoms with Gasteiger partial charge >= 0.3 is 0 Å². The van der Waals surface area contributed by atoms with E-state index in [0.29, 0.717) is 12.0 Å². The van der Waals surface area contributed by atoms with Gasteiger partial charge in [0.2, 0.25) is 0 Å². The molecule has 2 unspecified atom stereocenters. The number of rotatable bonds is 3. The first-order chi connectivity index (χ1) is 10.3. The van der Waals surface area contributed by atoms with E-state index in [4.69, 9.17) is 15.2 Å². The predicted octanol–water partition coefficient (Wildman–Crippen LogP) is 2.41. The largest absolute Gasteiger partial charge is 0.490 e. The van der Waals surface area contributed by atoms with Gasteiger partial charge in [0.1, 0.15) is 0 Å². The Hall–Kier alpha value is -1.26. The van der Waals surface area contributed by atoms with E-state index >= 15 is 0 Å². The standard InChI is InChI=1S/C17H26N2O2/c1-13-3-4-15(10-18)12-19(13)11-14-5-6-16-17(9-14)21-8-2-7-20-16/h5-6,9,13,15H,2-4,7-8,10-12,18H2,1H3. The molecule has 2 aliphatic heterocycles. The summed E-state index contributed by atoms with van der Waals surface area (Å²) in [5, 5.41) is 0. The monoisotopic (exact) mass is 290 g/mol. The Morgan fingerprint density at radius 2 is 2.00 bits per heavy atom. The van der Waals surface area contributed by atoms with Gasteiger partial charge in [-0.05, 0) is 49.9 Å². The Labute approximate surface area is 127 Å². The number of fused-ring (bicyclic) bond motifs is 1. The van der Waals surface area contributed by atoms with Crippen molar-refractivity contribution in [3.63, 3.8) is 0 Å². The second-order valence-electron chi connectivity index (χ2n) is 6.29. The lowest BCUT2D eigenvalue weighted by atomic mass is 9.93. The number of nitrogens with two attached hydrogens (primary N) is 1. The highest BCUT2D eigenvalue weighted by Crippen LogP contribution is 2.31. The van der Waals surface area contributed by atoms with Gasteiger partial charge in [-0.3, -0.25) is 4.90 Å². The fourth-order valence-electron chi connectivity index (χ4n) is 3.22. The molecular formula is C17H26N2O2. The summed E-state index contributed by atoms with van der Waals surface area (Å²) < 4.78 is 11.5. The van der Waals surface area contributed by atoms with Crippen molar-refractivity contribution in [2.24, 2.45) is 11.7 Å². The van der Waals surface area contributed by atoms with E-state index in [1.54, 1.807) is 0 Å². The summed E-state index contributed by atoms with van der Waals surface area (Å²) in [7, 11) is 0. The van der Waals surface area contributed by atoms with Gasteiger partial charge in [-0.25, -0.2) is 0 Å². The van der Waals surface area contributed by atoms with Crippen LogP contribution in [0.5, 0.6) is 11.5 Å². The van der Waals surface area contributed by atoms with Crippen molar-refractivity contribution in [3.05, 3.63) is 23.8 Å². The molecule has 0 saturated carbocycles. The van der Waals surface area contributed by atoms with Gasteiger partial charge in [0.05, 0.1) is 13.2 Å². The average molecular weight is 290 g/mol. The number of piperidine rings is 1. The molecule has 0 bridgehead atoms. The Balaban J connectivity index is 1.70. The van der Waals surface area contributed by atoms with Crippen molar-refractivity contribution >= 4 is 0 Å². The van der Waals surface area contributed by atoms with Crippen molar-refractivity contribution in [2.75, 3.05) is 26.3 Å². The highest BCUT2D eigenvalue weighted by Gasteiger charge is 2.24. The van der Waals surface area contributed by atoms with E-state index in [1.165, 1.54) is 18.4 Å². The molecule has 0 aliphatic carbocycles. The Bertz CT molecular complexity index is 478. The third kappa shape index (κ3) is 3.50. The molecule has 116 valence electrons. The first-order valence-electron chi connectivity index (χ1n) is 8.09. The lowest BCUT2D eigenvalue weighted by Gasteiger charge is -2.37. The second kappa shape index (κ2) is 6.67. The predicted molar refractivity (Wildman–Crippen MR) is 83.7 cm³/mol. The summed E-state index contributed by atoms with van der Waals surface area (Å²) in [6, 6.07) is 6.97. The molecule has 2 heterocycles. The Morgan fingerprint density at radius 1 is 1.19 bits per heavy atom. The zero-order chi connectivity index (χ0) is 14.7. The summed E-state index contributed by atoms with van der Waals surface area (Å²) >= 11 is 0. The molecule has 0 radical (unpaired) electrons. The highest BCUT2D eigenvalue weighted by molar-refractivity contribution is 5.43. The zero-order valence-electron chi connectivity index (χ0n) is 12.9. The minimum Gasteiger partial charge on any atom is -0.490 e. The minimum absolute atomic E-state index is 0.628. The van der Waals surface area contributed by atoms with E-state index in [-0.39, 0.29) is 0 Å². The van der Waals surface area contributed by atoms with Gasteiger partial charge in [-0.2, -0.15) is 0 Å². The van der Waals surface area contributed by atoms with Crippen LogP contribution < -0.4 is 15.2 Å². The van der Waals surface area contributed by atoms with E-state index in [2.05, 4.69) is 24.0 Å². The number of ether oxygens (including phenoxy) is 2. The molecule has 4 nitrogen and oxygen atoms in total. The van der Waals surface area contributed by atoms with Crippen molar-refractivity contribution < 1.29 is 9.47 Å². The lowest BCUT2D eigenvalue weighted by Crippen LogP contribution is -2.43. The van der Waals surface area contributed by atoms with Gasteiger partial charge < -0.3 is 15.2 Å². The smallest absolute Gasteiger partial charge is 0.161 e. The van der Waals surface area contributed by atoms with Gasteiger partial charge in [-0.1, -0.05) is 6.07 Å². The molecule has 0 aromatic heterocycles. The van der Waals surface area contributed by atoms with Crippen molar-refractivity contribution in [2.45, 2.75) is 38.8 Å². The second-order valence-corrected chi connectivity index (χ2v) is 6.29. The maximum absolute atomic E-state index is 5.85. The molecule has 0 amide bonds. The Morgan fingerprint density at radius 3 is 2.81 bits per heavy atom. The number of hydrogen-bond acceptors (Lipinski definition) is 4. The lowest BCUT2D eigenvalue weighted by molar-refractivity contribution is 0.113. The van der Waals surface area contributed by atoms with E-state index in [1.807, 2.05) is 6.07 Å². The molecular weight excluding hydrogens is 264 g/mol. The third-order valence-electron chi connectivity index (χ3n) is 4.64. The van der Waals surface area contributed by atoms with E-state index in [0.717, 1.165) is 50.8 Å². The first-order valence-corrected chi connectivity index (χ1v) is 8.09. The molecule has 2 aliphatic rings. The number of hydrogen-bond donors (Lipinski definition) is 1. The van der Waals surface area contributed by atoms with Gasteiger partial charge in [0.25, 0.3) is 0 Å². The van der Waals surface area contributed by atoms with E-state index < -0.39 is 0 Å². The molecule has 1 fully saturated rings. The zero-order valence-corrected chi connectivity index (χ0v) is 12.9. The van der Waals surface area contributed by atoms with Crippen molar-refractivity contribution in [1.29, 1.82) is 0 Å². The summed E-state index contributed by atoms with van der Waals surface area (Å²) in [5.74, 6) is 2.41. The highest BCUT2D eigenvalue weighted by atomic mass is 16.5. The minimum atomic E-state index is 0.628. The van der Waals surface area contributed by atoms with Gasteiger partial charge in [0, 0.05) is 25.6 Å². The molecule has 4 heteroatoms. The number of nitrogens with zero attached hydrogens (tertiary/aromatic N) is 1. The van der Waals surface area contributed by atoms with E-state index in [9.17, 15) is 0 Å². The molecule has 0 spiro atoms. The van der Waals surface area contributed by atoms with Crippen LogP contribution in [0.25, 0.3) is 0 Å². The van der Waals surface area contributed by atoms with Crippen LogP contribution in [-0.4, -0.2) is 37.2 Å². The molecule has 1 aromatic rings. The van der Waals surface area contributed by atoms with Crippen molar-refractivity contribution in [1.82, 2.24) is 4.90 Å². The van der Waals surface area contributed by atoms with Crippen LogP contribution in [0.15, 0.2) is 18.2 Å². The van der Waals surface area contributed by atoms with Crippen LogP contribution in [0, 0.1) is 5.92 Å². The van der Waals surface area contributed by atoms with Crippen LogP contribution in [0.1, 0.15) is 31.7 Å². The molecule has 2 N–H and O–H groups in total. The molecule has 1 saturated heterocycles. The molecule has 1 aromatic carbocycles. The summed E-state index contributed by atoms with van der Waals surface area (Å²) in [5.41, 5.74) is 7.14. The number of benzene rings is 1. The fraction of sp³-hybridized carbons (Fsp3) is 0.647. The van der Waals surface area contributed by atoms with Gasteiger partial charge in [-0.15, -0.1) is 0 Å². The number of likely N-dealkylation sites (tertiary alicyclic amines) is 1. The van der Waals surface area contributed by atoms with Gasteiger partial charge in [0.15, 0.2) is 11.5 Å². The van der Waals surface area contributed by atoms with Crippen LogP contribution in [0.3, 0.4) is 0 Å². The Kier molecular flexibility index (Phi) is 4.66. The quantitative estimate of drug-likeness (QED) is 0.928. The topological polar surface area (TPSA) is 47.7 Å². The average Bonchev–Trinajstić information content (AvgIpc) is 2.74. The normalized spacial score (nSPS) is 26.4. The SMILES string of the molecule is CC1CCC(CN)CN1Cc1ccc2c(c1)OCCCO2. The molecule has 21 heavy (non-hydrogen) atoms. The summed E-state index contributed by atoms with van der Waals surface area (Å²) in [4.78, 5) is 2.54. The fourth-order valence-corrected chi connectivity index (χ4v) is 3.22. The summed E-state index contributed by atoms with van der Waals surface area (Å²) in [6.45, 7) is 6.67. The van der Waals surface area contributed by atoms with Crippen LogP contribution in [0.2, 0.25) is 0 Å². The first kappa shape index (κ1) is 14.7. The maximum Gasteiger partial charge on any atom is 0.161 e. The maximum atomic E-state index is 5.85. The van der Waals surface area contributed by atoms with Crippen LogP contribution in [-0.2, 0) is 6.54 Å². The van der Waals surface area contributed by atoms with Crippen LogP contribution >= 0.6 is 0 Å². The molecule has 2 atom stereocenters. The third-order valence-corrected chi connectivity index (χ3v) is 4.64. The summed E-state index contributed by atoms with van der Waals surface area (Å²) in [6.07, 6.45) is 3.45. The van der Waals surface area contributed by atoms with Crippen molar-refractivity contribution in [3.8, 4) is 11.5 Å². The van der Waals surface area contributed by atoms with Crippen LogP contribution in [0.4, 0.5) is 0 Å².